The van der Waals surface area contributed by atoms with E-state index in [-0.39, 0.29) is 22.3 Å². The summed E-state index contributed by atoms with van der Waals surface area (Å²) in [7, 11) is 0. The number of rotatable bonds is 7. The molecule has 1 spiro atoms. The summed E-state index contributed by atoms with van der Waals surface area (Å²) in [6.45, 7) is 15.9. The molecule has 0 aliphatic carbocycles. The number of piperazine rings is 1. The second-order valence-electron chi connectivity index (χ2n) is 15.8. The van der Waals surface area contributed by atoms with Gasteiger partial charge in [0.1, 0.15) is 11.2 Å². The molecule has 63 heavy (non-hydrogen) atoms. The van der Waals surface area contributed by atoms with Gasteiger partial charge in [-0.1, -0.05) is 56.1 Å². The largest absolute Gasteiger partial charge is 0.490 e. The molecule has 3 heterocycles. The molecule has 3 aliphatic rings. The Morgan fingerprint density at radius 2 is 1.33 bits per heavy atom. The molecular formula is C38H45Cl2F10N5O8. The van der Waals surface area contributed by atoms with Crippen molar-refractivity contribution in [3.8, 4) is 0 Å². The first kappa shape index (κ1) is 54.7. The van der Waals surface area contributed by atoms with Gasteiger partial charge in [-0.15, -0.1) is 0 Å². The summed E-state index contributed by atoms with van der Waals surface area (Å²) in [5.41, 5.74) is 0.282. The minimum atomic E-state index is -5.08. The Kier molecular flexibility index (Phi) is 18.6. The van der Waals surface area contributed by atoms with Crippen LogP contribution in [0.25, 0.3) is 0 Å². The number of nitrogens with one attached hydrogen (secondary N) is 3. The van der Waals surface area contributed by atoms with Gasteiger partial charge in [-0.05, 0) is 61.1 Å². The van der Waals surface area contributed by atoms with Crippen LogP contribution in [0.4, 0.5) is 49.6 Å². The van der Waals surface area contributed by atoms with Crippen LogP contribution >= 0.6 is 23.2 Å². The summed E-state index contributed by atoms with van der Waals surface area (Å²) in [5.74, 6) is -9.97. The van der Waals surface area contributed by atoms with Gasteiger partial charge >= 0.3 is 36.4 Å². The predicted octanol–water partition coefficient (Wildman–Crippen LogP) is 6.92. The first-order chi connectivity index (χ1) is 28.6. The molecule has 4 atom stereocenters. The predicted molar refractivity (Wildman–Crippen MR) is 208 cm³/mol. The highest BCUT2D eigenvalue weighted by Crippen LogP contribution is 2.57. The van der Waals surface area contributed by atoms with Gasteiger partial charge in [0, 0.05) is 68.0 Å². The van der Waals surface area contributed by atoms with E-state index >= 15 is 4.39 Å². The van der Waals surface area contributed by atoms with Crippen LogP contribution in [0.5, 0.6) is 0 Å². The minimum Gasteiger partial charge on any atom is -0.475 e. The molecule has 2 aromatic rings. The molecule has 5 rings (SSSR count). The summed E-state index contributed by atoms with van der Waals surface area (Å²) in [4.78, 5) is 59.8. The molecule has 6 N–H and O–H groups in total. The number of benzene rings is 2. The normalized spacial score (nSPS) is 21.5. The number of halogens is 12. The summed E-state index contributed by atoms with van der Waals surface area (Å²) in [5, 5.41) is 31.5. The van der Waals surface area contributed by atoms with Crippen molar-refractivity contribution in [3.05, 3.63) is 63.4 Å². The van der Waals surface area contributed by atoms with Crippen LogP contribution in [0, 0.1) is 11.2 Å². The third-order valence-corrected chi connectivity index (χ3v) is 10.3. The molecule has 3 aliphatic heterocycles. The van der Waals surface area contributed by atoms with Gasteiger partial charge in [0.25, 0.3) is 0 Å². The van der Waals surface area contributed by atoms with E-state index in [1.807, 2.05) is 12.1 Å². The molecule has 0 saturated carbocycles. The van der Waals surface area contributed by atoms with E-state index in [1.54, 1.807) is 12.1 Å². The van der Waals surface area contributed by atoms with Crippen molar-refractivity contribution in [2.24, 2.45) is 5.41 Å². The number of hydrogen-bond donors (Lipinski definition) is 6. The lowest BCUT2D eigenvalue weighted by Gasteiger charge is -2.37. The van der Waals surface area contributed by atoms with Crippen LogP contribution in [-0.2, 0) is 29.4 Å². The fourth-order valence-corrected chi connectivity index (χ4v) is 7.45. The van der Waals surface area contributed by atoms with Crippen molar-refractivity contribution in [1.82, 2.24) is 20.4 Å². The maximum Gasteiger partial charge on any atom is 0.490 e. The zero-order valence-corrected chi connectivity index (χ0v) is 35.5. The van der Waals surface area contributed by atoms with E-state index in [4.69, 9.17) is 52.9 Å². The number of nitrogens with zero attached hydrogens (tertiary/aromatic N) is 2. The number of carboxylic acid groups (broad SMARTS) is 3. The lowest BCUT2D eigenvalue weighted by Crippen LogP contribution is -2.51. The van der Waals surface area contributed by atoms with E-state index in [0.717, 1.165) is 38.3 Å². The molecule has 25 heteroatoms. The van der Waals surface area contributed by atoms with Gasteiger partial charge in [-0.2, -0.15) is 39.5 Å². The Morgan fingerprint density at radius 3 is 1.76 bits per heavy atom. The Labute approximate surface area is 364 Å². The van der Waals surface area contributed by atoms with E-state index < -0.39 is 65.7 Å². The molecule has 13 nitrogen and oxygen atoms in total. The Hall–Kier alpha value is -4.45. The Morgan fingerprint density at radius 1 is 0.841 bits per heavy atom. The molecule has 0 unspecified atom stereocenters. The summed E-state index contributed by atoms with van der Waals surface area (Å²) >= 11 is 12.6. The molecule has 0 aromatic heterocycles. The van der Waals surface area contributed by atoms with Crippen molar-refractivity contribution in [2.75, 3.05) is 44.6 Å². The third kappa shape index (κ3) is 15.1. The second kappa shape index (κ2) is 21.5. The fourth-order valence-electron chi connectivity index (χ4n) is 7.08. The Balaban J connectivity index is 0.000000536. The molecule has 2 saturated heterocycles. The van der Waals surface area contributed by atoms with Crippen LogP contribution < -0.4 is 16.0 Å². The topological polar surface area (TPSA) is 189 Å². The van der Waals surface area contributed by atoms with Crippen LogP contribution in [0.3, 0.4) is 0 Å². The van der Waals surface area contributed by atoms with Gasteiger partial charge in [0.05, 0.1) is 11.1 Å². The number of aliphatic carboxylic acids is 3. The number of anilines is 1. The van der Waals surface area contributed by atoms with Crippen molar-refractivity contribution < 1.29 is 83.2 Å². The zero-order chi connectivity index (χ0) is 48.6. The first-order valence-electron chi connectivity index (χ1n) is 18.6. The number of amides is 2. The van der Waals surface area contributed by atoms with E-state index in [9.17, 15) is 49.1 Å². The highest BCUT2D eigenvalue weighted by atomic mass is 35.5. The smallest absolute Gasteiger partial charge is 0.475 e. The standard InChI is InChI=1S/C32H42Cl2FN5O2.3C2HF3O2/c1-19(2)40-13-11-39(12-14-40)10-9-36-29(41)28-27(20-7-6-8-21(33)15-20)32(26(38-28)18-31(3,4)5)22-16-24(35)23(34)17-25(22)37-30(32)42;3*3-2(4,5)1(6)7/h6-8,15-17,19,26-28,38H,9-14,18H2,1-5H3,(H,36,41)(H,37,42);3*(H,6,7)/t26-,27+,28-,32+;;;/m1.../s1. The molecule has 0 bridgehead atoms. The van der Waals surface area contributed by atoms with E-state index in [0.29, 0.717) is 35.3 Å². The average Bonchev–Trinajstić information content (AvgIpc) is 3.61. The number of carboxylic acids is 3. The van der Waals surface area contributed by atoms with E-state index in [2.05, 4.69) is 60.4 Å². The third-order valence-electron chi connectivity index (χ3n) is 9.78. The van der Waals surface area contributed by atoms with Gasteiger partial charge in [0.2, 0.25) is 11.8 Å². The maximum absolute atomic E-state index is 15.1. The first-order valence-corrected chi connectivity index (χ1v) is 19.4. The zero-order valence-electron chi connectivity index (χ0n) is 34.0. The SMILES string of the molecule is CC(C)N1CCN(CCNC(=O)[C@@H]2N[C@H](CC(C)(C)C)[C@]3(C(=O)Nc4cc(Cl)c(F)cc43)[C@H]2c2cccc(Cl)c2)CC1.O=C(O)C(F)(F)F.O=C(O)C(F)(F)F.O=C(O)C(F)(F)F. The van der Waals surface area contributed by atoms with Crippen LogP contribution in [0.2, 0.25) is 10.0 Å². The van der Waals surface area contributed by atoms with Crippen molar-refractivity contribution >= 4 is 58.6 Å². The Bertz CT molecular complexity index is 1900. The van der Waals surface area contributed by atoms with Crippen molar-refractivity contribution in [1.29, 1.82) is 0 Å². The van der Waals surface area contributed by atoms with Gasteiger partial charge in [0.15, 0.2) is 0 Å². The molecule has 2 amide bonds. The van der Waals surface area contributed by atoms with Crippen LogP contribution in [0.1, 0.15) is 58.1 Å². The molecule has 2 fully saturated rings. The molecule has 0 radical (unpaired) electrons. The highest BCUT2D eigenvalue weighted by molar-refractivity contribution is 6.31. The molecule has 2 aromatic carbocycles. The number of hydrogen-bond acceptors (Lipinski definition) is 8. The van der Waals surface area contributed by atoms with E-state index in [1.165, 1.54) is 12.1 Å². The van der Waals surface area contributed by atoms with Gasteiger partial charge in [-0.25, -0.2) is 18.8 Å². The number of alkyl halides is 9. The number of carbonyl (C=O) groups excluding carboxylic acids is 2. The van der Waals surface area contributed by atoms with Gasteiger partial charge < -0.3 is 31.3 Å². The quantitative estimate of drug-likeness (QED) is 0.158. The van der Waals surface area contributed by atoms with Crippen LogP contribution in [0.15, 0.2) is 36.4 Å². The van der Waals surface area contributed by atoms with Crippen molar-refractivity contribution in [3.63, 3.8) is 0 Å². The number of carbonyl (C=O) groups is 5. The lowest BCUT2D eigenvalue weighted by atomic mass is 9.62. The second-order valence-corrected chi connectivity index (χ2v) is 16.6. The van der Waals surface area contributed by atoms with Crippen molar-refractivity contribution in [2.45, 2.75) is 89.0 Å². The maximum atomic E-state index is 15.1. The fraction of sp³-hybridized carbons (Fsp3) is 0.553. The lowest BCUT2D eigenvalue weighted by molar-refractivity contribution is -0.193. The number of fused-ring (bicyclic) bond motifs is 2. The monoisotopic (exact) mass is 959 g/mol. The molecular weight excluding hydrogens is 915 g/mol. The highest BCUT2D eigenvalue weighted by Gasteiger charge is 2.66. The average molecular weight is 961 g/mol. The van der Waals surface area contributed by atoms with Gasteiger partial charge in [-0.3, -0.25) is 19.4 Å². The summed E-state index contributed by atoms with van der Waals surface area (Å²) in [6, 6.07) is 9.45. The summed E-state index contributed by atoms with van der Waals surface area (Å²) < 4.78 is 110. The molecule has 354 valence electrons. The summed E-state index contributed by atoms with van der Waals surface area (Å²) in [6.07, 6.45) is -14.7. The van der Waals surface area contributed by atoms with Crippen LogP contribution in [-0.4, -0.2) is 131 Å². The minimum absolute atomic E-state index is 0.0627.